The molecule has 1 aromatic carbocycles. The minimum atomic E-state index is -0.612. The van der Waals surface area contributed by atoms with Crippen molar-refractivity contribution in [3.05, 3.63) is 23.8 Å². The van der Waals surface area contributed by atoms with Gasteiger partial charge in [0, 0.05) is 24.8 Å². The Morgan fingerprint density at radius 2 is 2.05 bits per heavy atom. The maximum absolute atomic E-state index is 12.3. The summed E-state index contributed by atoms with van der Waals surface area (Å²) in [7, 11) is 0. The lowest BCUT2D eigenvalue weighted by Crippen LogP contribution is -2.49. The minimum Gasteiger partial charge on any atom is -0.324 e. The summed E-state index contributed by atoms with van der Waals surface area (Å²) in [5, 5.41) is 6.09. The molecular formula is C16H23N3O2. The van der Waals surface area contributed by atoms with Crippen molar-refractivity contribution in [3.63, 3.8) is 0 Å². The quantitative estimate of drug-likeness (QED) is 0.890. The van der Waals surface area contributed by atoms with Gasteiger partial charge in [-0.25, -0.2) is 0 Å². The first kappa shape index (κ1) is 15.5. The predicted octanol–water partition coefficient (Wildman–Crippen LogP) is 1.92. The highest BCUT2D eigenvalue weighted by Crippen LogP contribution is 2.30. The molecule has 1 aliphatic heterocycles. The Hall–Kier alpha value is -1.88. The molecule has 1 aliphatic rings. The summed E-state index contributed by atoms with van der Waals surface area (Å²) in [5.41, 5.74) is 2.21. The van der Waals surface area contributed by atoms with E-state index in [-0.39, 0.29) is 11.8 Å². The molecule has 1 aromatic rings. The van der Waals surface area contributed by atoms with Gasteiger partial charge in [0.25, 0.3) is 0 Å². The zero-order valence-corrected chi connectivity index (χ0v) is 13.1. The van der Waals surface area contributed by atoms with Crippen molar-refractivity contribution < 1.29 is 9.59 Å². The number of rotatable bonds is 4. The average molecular weight is 289 g/mol. The Kier molecular flexibility index (Phi) is 4.32. The summed E-state index contributed by atoms with van der Waals surface area (Å²) < 4.78 is 0. The van der Waals surface area contributed by atoms with Gasteiger partial charge < -0.3 is 15.5 Å². The molecule has 0 atom stereocenters. The van der Waals surface area contributed by atoms with Crippen LogP contribution in [0.2, 0.25) is 0 Å². The first-order chi connectivity index (χ1) is 9.85. The van der Waals surface area contributed by atoms with E-state index in [0.29, 0.717) is 6.54 Å². The van der Waals surface area contributed by atoms with Crippen LogP contribution in [0.3, 0.4) is 0 Å². The number of amides is 2. The van der Waals surface area contributed by atoms with Crippen molar-refractivity contribution >= 4 is 23.2 Å². The summed E-state index contributed by atoms with van der Waals surface area (Å²) in [4.78, 5) is 25.5. The molecule has 0 unspecified atom stereocenters. The summed E-state index contributed by atoms with van der Waals surface area (Å²) in [5.74, 6) is -0.00969. The third-order valence-electron chi connectivity index (χ3n) is 3.80. The second kappa shape index (κ2) is 5.85. The molecule has 0 saturated heterocycles. The summed E-state index contributed by atoms with van der Waals surface area (Å²) in [6, 6.07) is 5.71. The van der Waals surface area contributed by atoms with Crippen molar-refractivity contribution in [2.24, 2.45) is 0 Å². The van der Waals surface area contributed by atoms with Crippen molar-refractivity contribution in [3.8, 4) is 0 Å². The summed E-state index contributed by atoms with van der Waals surface area (Å²) >= 11 is 0. The second-order valence-corrected chi connectivity index (χ2v) is 5.87. The molecule has 2 amide bonds. The molecule has 0 bridgehead atoms. The molecular weight excluding hydrogens is 266 g/mol. The number of nitrogens with one attached hydrogen (secondary N) is 2. The highest BCUT2D eigenvalue weighted by molar-refractivity contribution is 5.98. The van der Waals surface area contributed by atoms with Gasteiger partial charge in [0.15, 0.2) is 0 Å². The summed E-state index contributed by atoms with van der Waals surface area (Å²) in [6.07, 6.45) is 0.829. The molecule has 0 fully saturated rings. The van der Waals surface area contributed by atoms with Crippen molar-refractivity contribution in [1.82, 2.24) is 5.32 Å². The molecule has 0 radical (unpaired) electrons. The number of carbonyl (C=O) groups excluding carboxylic acids is 2. The van der Waals surface area contributed by atoms with Crippen LogP contribution in [0.5, 0.6) is 0 Å². The Labute approximate surface area is 125 Å². The van der Waals surface area contributed by atoms with Gasteiger partial charge in [0.2, 0.25) is 11.8 Å². The standard InChI is InChI=1S/C16H23N3O2/c1-5-17-16(3,4)15(21)18-13-6-7-14-12(10-13)8-9-19(14)11(2)20/h6-7,10,17H,5,8-9H2,1-4H3,(H,18,21). The molecule has 0 saturated carbocycles. The van der Waals surface area contributed by atoms with Crippen LogP contribution in [0, 0.1) is 0 Å². The zero-order valence-electron chi connectivity index (χ0n) is 13.1. The number of fused-ring (bicyclic) bond motifs is 1. The predicted molar refractivity (Wildman–Crippen MR) is 84.6 cm³/mol. The van der Waals surface area contributed by atoms with Crippen molar-refractivity contribution in [1.29, 1.82) is 0 Å². The number of benzene rings is 1. The molecule has 2 rings (SSSR count). The van der Waals surface area contributed by atoms with Crippen LogP contribution >= 0.6 is 0 Å². The fraction of sp³-hybridized carbons (Fsp3) is 0.500. The average Bonchev–Trinajstić information content (AvgIpc) is 2.81. The Balaban J connectivity index is 2.14. The van der Waals surface area contributed by atoms with E-state index < -0.39 is 5.54 Å². The maximum Gasteiger partial charge on any atom is 0.244 e. The number of carbonyl (C=O) groups is 2. The first-order valence-electron chi connectivity index (χ1n) is 7.32. The van der Waals surface area contributed by atoms with Gasteiger partial charge in [-0.1, -0.05) is 6.92 Å². The van der Waals surface area contributed by atoms with Crippen LogP contribution in [0.1, 0.15) is 33.3 Å². The van der Waals surface area contributed by atoms with Crippen LogP contribution in [-0.4, -0.2) is 30.4 Å². The Morgan fingerprint density at radius 3 is 2.67 bits per heavy atom. The molecule has 5 heteroatoms. The van der Waals surface area contributed by atoms with Gasteiger partial charge in [0.05, 0.1) is 5.54 Å². The van der Waals surface area contributed by atoms with Crippen LogP contribution in [0.15, 0.2) is 18.2 Å². The first-order valence-corrected chi connectivity index (χ1v) is 7.32. The fourth-order valence-electron chi connectivity index (χ4n) is 2.62. The number of hydrogen-bond donors (Lipinski definition) is 2. The third kappa shape index (κ3) is 3.24. The SMILES string of the molecule is CCNC(C)(C)C(=O)Nc1ccc2c(c1)CCN2C(C)=O. The lowest BCUT2D eigenvalue weighted by atomic mass is 10.0. The number of anilines is 2. The van der Waals surface area contributed by atoms with Gasteiger partial charge in [-0.2, -0.15) is 0 Å². The van der Waals surface area contributed by atoms with Gasteiger partial charge in [-0.15, -0.1) is 0 Å². The van der Waals surface area contributed by atoms with Gasteiger partial charge in [0.1, 0.15) is 0 Å². The third-order valence-corrected chi connectivity index (χ3v) is 3.80. The number of likely N-dealkylation sites (N-methyl/N-ethyl adjacent to an activating group) is 1. The molecule has 2 N–H and O–H groups in total. The molecule has 5 nitrogen and oxygen atoms in total. The zero-order chi connectivity index (χ0) is 15.6. The highest BCUT2D eigenvalue weighted by atomic mass is 16.2. The molecule has 0 aromatic heterocycles. The number of nitrogens with zero attached hydrogens (tertiary/aromatic N) is 1. The Morgan fingerprint density at radius 1 is 1.33 bits per heavy atom. The highest BCUT2D eigenvalue weighted by Gasteiger charge is 2.27. The minimum absolute atomic E-state index is 0.0545. The topological polar surface area (TPSA) is 61.4 Å². The molecule has 1 heterocycles. The van der Waals surface area contributed by atoms with Crippen LogP contribution in [-0.2, 0) is 16.0 Å². The van der Waals surface area contributed by atoms with E-state index in [1.54, 1.807) is 11.8 Å². The second-order valence-electron chi connectivity index (χ2n) is 5.87. The Bertz CT molecular complexity index is 567. The van der Waals surface area contributed by atoms with E-state index in [9.17, 15) is 9.59 Å². The van der Waals surface area contributed by atoms with E-state index >= 15 is 0 Å². The van der Waals surface area contributed by atoms with Crippen molar-refractivity contribution in [2.45, 2.75) is 39.7 Å². The van der Waals surface area contributed by atoms with Gasteiger partial charge in [-0.05, 0) is 50.6 Å². The van der Waals surface area contributed by atoms with Crippen LogP contribution in [0.4, 0.5) is 11.4 Å². The molecule has 21 heavy (non-hydrogen) atoms. The van der Waals surface area contributed by atoms with E-state index in [0.717, 1.165) is 29.9 Å². The van der Waals surface area contributed by atoms with Crippen LogP contribution in [0.25, 0.3) is 0 Å². The van der Waals surface area contributed by atoms with Crippen molar-refractivity contribution in [2.75, 3.05) is 23.3 Å². The van der Waals surface area contributed by atoms with Crippen LogP contribution < -0.4 is 15.5 Å². The summed E-state index contributed by atoms with van der Waals surface area (Å²) in [6.45, 7) is 8.71. The van der Waals surface area contributed by atoms with Gasteiger partial charge in [-0.3, -0.25) is 9.59 Å². The van der Waals surface area contributed by atoms with E-state index in [4.69, 9.17) is 0 Å². The fourth-order valence-corrected chi connectivity index (χ4v) is 2.62. The lowest BCUT2D eigenvalue weighted by Gasteiger charge is -2.24. The smallest absolute Gasteiger partial charge is 0.244 e. The van der Waals surface area contributed by atoms with Gasteiger partial charge >= 0.3 is 0 Å². The monoisotopic (exact) mass is 289 g/mol. The molecule has 0 spiro atoms. The largest absolute Gasteiger partial charge is 0.324 e. The lowest BCUT2D eigenvalue weighted by molar-refractivity contribution is -0.121. The van der Waals surface area contributed by atoms with E-state index in [1.165, 1.54) is 0 Å². The maximum atomic E-state index is 12.3. The normalized spacial score (nSPS) is 14.0. The molecule has 114 valence electrons. The van der Waals surface area contributed by atoms with E-state index in [2.05, 4.69) is 10.6 Å². The van der Waals surface area contributed by atoms with E-state index in [1.807, 2.05) is 39.0 Å². The molecule has 0 aliphatic carbocycles. The number of hydrogen-bond acceptors (Lipinski definition) is 3.